The maximum atomic E-state index is 11.6. The van der Waals surface area contributed by atoms with Crippen molar-refractivity contribution in [1.82, 2.24) is 9.78 Å². The number of benzene rings is 1. The Hall–Kier alpha value is -1.29. The molecule has 1 heterocycles. The second kappa shape index (κ2) is 4.70. The molecule has 0 aliphatic rings. The third-order valence-electron chi connectivity index (χ3n) is 2.51. The lowest BCUT2D eigenvalue weighted by Crippen LogP contribution is -2.16. The number of hydrogen-bond donors (Lipinski definition) is 1. The van der Waals surface area contributed by atoms with Crippen LogP contribution in [0.3, 0.4) is 0 Å². The number of aryl methyl sites for hydroxylation is 1. The summed E-state index contributed by atoms with van der Waals surface area (Å²) >= 11 is 3.47. The molecule has 16 heavy (non-hydrogen) atoms. The molecule has 0 fully saturated rings. The topological polar surface area (TPSA) is 37.8 Å². The Bertz CT molecular complexity index is 542. The zero-order chi connectivity index (χ0) is 11.5. The van der Waals surface area contributed by atoms with Gasteiger partial charge in [-0.05, 0) is 18.1 Å². The van der Waals surface area contributed by atoms with Gasteiger partial charge in [-0.2, -0.15) is 0 Å². The van der Waals surface area contributed by atoms with Gasteiger partial charge in [0.25, 0.3) is 5.56 Å². The first-order chi connectivity index (χ1) is 7.70. The van der Waals surface area contributed by atoms with Crippen molar-refractivity contribution in [2.45, 2.75) is 19.9 Å². The normalized spacial score (nSPS) is 10.6. The monoisotopic (exact) mass is 280 g/mol. The van der Waals surface area contributed by atoms with Gasteiger partial charge < -0.3 is 0 Å². The number of rotatable bonds is 3. The molecule has 0 saturated heterocycles. The van der Waals surface area contributed by atoms with Crippen LogP contribution in [0.15, 0.2) is 39.6 Å². The Morgan fingerprint density at radius 2 is 2.12 bits per heavy atom. The molecule has 0 unspecified atom stereocenters. The zero-order valence-electron chi connectivity index (χ0n) is 9.03. The summed E-state index contributed by atoms with van der Waals surface area (Å²) in [6.45, 7) is 2.59. The third-order valence-corrected chi connectivity index (χ3v) is 3.28. The first-order valence-electron chi connectivity index (χ1n) is 5.23. The van der Waals surface area contributed by atoms with E-state index in [4.69, 9.17) is 0 Å². The molecular weight excluding hydrogens is 268 g/mol. The minimum atomic E-state index is 0.0209. The SMILES string of the molecule is CCc1cc(=O)n(Cc2ccccc2Br)[nH]1. The Morgan fingerprint density at radius 1 is 1.38 bits per heavy atom. The summed E-state index contributed by atoms with van der Waals surface area (Å²) in [7, 11) is 0. The summed E-state index contributed by atoms with van der Waals surface area (Å²) in [6, 6.07) is 9.56. The second-order valence-corrected chi connectivity index (χ2v) is 4.51. The lowest BCUT2D eigenvalue weighted by atomic mass is 10.2. The van der Waals surface area contributed by atoms with E-state index < -0.39 is 0 Å². The molecule has 0 amide bonds. The van der Waals surface area contributed by atoms with Crippen molar-refractivity contribution < 1.29 is 0 Å². The molecule has 2 rings (SSSR count). The highest BCUT2D eigenvalue weighted by atomic mass is 79.9. The molecule has 0 saturated carbocycles. The van der Waals surface area contributed by atoms with Gasteiger partial charge in [-0.3, -0.25) is 9.89 Å². The van der Waals surface area contributed by atoms with Crippen molar-refractivity contribution in [2.75, 3.05) is 0 Å². The van der Waals surface area contributed by atoms with E-state index in [1.54, 1.807) is 10.7 Å². The van der Waals surface area contributed by atoms with E-state index in [0.717, 1.165) is 22.2 Å². The van der Waals surface area contributed by atoms with Gasteiger partial charge >= 0.3 is 0 Å². The minimum Gasteiger partial charge on any atom is -0.299 e. The van der Waals surface area contributed by atoms with E-state index in [-0.39, 0.29) is 5.56 Å². The molecule has 4 heteroatoms. The van der Waals surface area contributed by atoms with Gasteiger partial charge in [-0.1, -0.05) is 41.1 Å². The third kappa shape index (κ3) is 2.27. The van der Waals surface area contributed by atoms with Gasteiger partial charge in [0.05, 0.1) is 6.54 Å². The summed E-state index contributed by atoms with van der Waals surface area (Å²) < 4.78 is 2.65. The van der Waals surface area contributed by atoms with Crippen LogP contribution < -0.4 is 5.56 Å². The smallest absolute Gasteiger partial charge is 0.267 e. The first kappa shape index (κ1) is 11.2. The van der Waals surface area contributed by atoms with Crippen LogP contribution in [0, 0.1) is 0 Å². The summed E-state index contributed by atoms with van der Waals surface area (Å²) in [5.74, 6) is 0. The van der Waals surface area contributed by atoms with E-state index in [1.165, 1.54) is 0 Å². The van der Waals surface area contributed by atoms with Crippen molar-refractivity contribution >= 4 is 15.9 Å². The van der Waals surface area contributed by atoms with Crippen LogP contribution in [0.1, 0.15) is 18.2 Å². The van der Waals surface area contributed by atoms with Crippen LogP contribution in [0.5, 0.6) is 0 Å². The highest BCUT2D eigenvalue weighted by Gasteiger charge is 2.04. The standard InChI is InChI=1S/C12H13BrN2O/c1-2-10-7-12(16)15(14-10)8-9-5-3-4-6-11(9)13/h3-7,14H,2,8H2,1H3. The van der Waals surface area contributed by atoms with Gasteiger partial charge in [0.15, 0.2) is 0 Å². The Kier molecular flexibility index (Phi) is 3.29. The van der Waals surface area contributed by atoms with E-state index in [9.17, 15) is 4.79 Å². The highest BCUT2D eigenvalue weighted by Crippen LogP contribution is 2.16. The first-order valence-corrected chi connectivity index (χ1v) is 6.02. The number of nitrogens with zero attached hydrogens (tertiary/aromatic N) is 1. The molecule has 0 aliphatic carbocycles. The number of aromatic nitrogens is 2. The quantitative estimate of drug-likeness (QED) is 0.922. The van der Waals surface area contributed by atoms with E-state index in [0.29, 0.717) is 6.54 Å². The highest BCUT2D eigenvalue weighted by molar-refractivity contribution is 9.10. The lowest BCUT2D eigenvalue weighted by molar-refractivity contribution is 0.651. The molecule has 1 N–H and O–H groups in total. The van der Waals surface area contributed by atoms with Crippen LogP contribution in [0.4, 0.5) is 0 Å². The van der Waals surface area contributed by atoms with Crippen LogP contribution in [0.2, 0.25) is 0 Å². The average molecular weight is 281 g/mol. The summed E-state index contributed by atoms with van der Waals surface area (Å²) in [5, 5.41) is 3.09. The van der Waals surface area contributed by atoms with Crippen molar-refractivity contribution in [3.63, 3.8) is 0 Å². The molecule has 1 aromatic heterocycles. The van der Waals surface area contributed by atoms with Gasteiger partial charge in [-0.25, -0.2) is 4.68 Å². The molecule has 0 atom stereocenters. The van der Waals surface area contributed by atoms with Crippen molar-refractivity contribution in [3.05, 3.63) is 56.4 Å². The predicted octanol–water partition coefficient (Wildman–Crippen LogP) is 2.55. The minimum absolute atomic E-state index is 0.0209. The molecule has 0 spiro atoms. The van der Waals surface area contributed by atoms with E-state index >= 15 is 0 Å². The van der Waals surface area contributed by atoms with E-state index in [2.05, 4.69) is 21.0 Å². The van der Waals surface area contributed by atoms with E-state index in [1.807, 2.05) is 31.2 Å². The maximum Gasteiger partial charge on any atom is 0.267 e. The van der Waals surface area contributed by atoms with Crippen molar-refractivity contribution in [1.29, 1.82) is 0 Å². The van der Waals surface area contributed by atoms with Gasteiger partial charge in [0, 0.05) is 16.2 Å². The molecule has 0 bridgehead atoms. The second-order valence-electron chi connectivity index (χ2n) is 3.65. The number of H-pyrrole nitrogens is 1. The fourth-order valence-corrected chi connectivity index (χ4v) is 1.99. The maximum absolute atomic E-state index is 11.6. The fraction of sp³-hybridized carbons (Fsp3) is 0.250. The van der Waals surface area contributed by atoms with Gasteiger partial charge in [-0.15, -0.1) is 0 Å². The lowest BCUT2D eigenvalue weighted by Gasteiger charge is -2.04. The number of nitrogens with one attached hydrogen (secondary N) is 1. The predicted molar refractivity (Wildman–Crippen MR) is 67.7 cm³/mol. The Balaban J connectivity index is 2.30. The van der Waals surface area contributed by atoms with Crippen LogP contribution >= 0.6 is 15.9 Å². The van der Waals surface area contributed by atoms with Crippen LogP contribution in [-0.4, -0.2) is 9.78 Å². The van der Waals surface area contributed by atoms with Crippen molar-refractivity contribution in [3.8, 4) is 0 Å². The van der Waals surface area contributed by atoms with Crippen LogP contribution in [-0.2, 0) is 13.0 Å². The Morgan fingerprint density at radius 3 is 2.75 bits per heavy atom. The molecule has 3 nitrogen and oxygen atoms in total. The molecule has 84 valence electrons. The summed E-state index contributed by atoms with van der Waals surface area (Å²) in [6.07, 6.45) is 0.845. The molecule has 0 aliphatic heterocycles. The van der Waals surface area contributed by atoms with Crippen LogP contribution in [0.25, 0.3) is 0 Å². The number of hydrogen-bond acceptors (Lipinski definition) is 1. The molecule has 1 aromatic carbocycles. The fourth-order valence-electron chi connectivity index (χ4n) is 1.58. The largest absolute Gasteiger partial charge is 0.299 e. The average Bonchev–Trinajstić information content (AvgIpc) is 2.63. The molecule has 2 aromatic rings. The Labute approximate surface area is 102 Å². The zero-order valence-corrected chi connectivity index (χ0v) is 10.6. The number of aromatic amines is 1. The summed E-state index contributed by atoms with van der Waals surface area (Å²) in [5.41, 5.74) is 2.08. The number of halogens is 1. The summed E-state index contributed by atoms with van der Waals surface area (Å²) in [4.78, 5) is 11.6. The molecule has 0 radical (unpaired) electrons. The van der Waals surface area contributed by atoms with Gasteiger partial charge in [0.2, 0.25) is 0 Å². The van der Waals surface area contributed by atoms with Crippen molar-refractivity contribution in [2.24, 2.45) is 0 Å². The van der Waals surface area contributed by atoms with Gasteiger partial charge in [0.1, 0.15) is 0 Å². The molecular formula is C12H13BrN2O.